The number of hydrogen-bond acceptors (Lipinski definition) is 3. The van der Waals surface area contributed by atoms with Gasteiger partial charge in [-0.3, -0.25) is 4.90 Å². The Bertz CT molecular complexity index is 600. The van der Waals surface area contributed by atoms with E-state index in [1.165, 1.54) is 0 Å². The summed E-state index contributed by atoms with van der Waals surface area (Å²) in [6.45, 7) is 4.67. The van der Waals surface area contributed by atoms with Crippen molar-refractivity contribution in [1.29, 1.82) is 0 Å². The number of rotatable bonds is 3. The monoisotopic (exact) mass is 349 g/mol. The zero-order valence-electron chi connectivity index (χ0n) is 12.1. The van der Waals surface area contributed by atoms with Gasteiger partial charge in [-0.2, -0.15) is 0 Å². The predicted octanol–water partition coefficient (Wildman–Crippen LogP) is 2.96. The number of H-pyrrole nitrogens is 1. The van der Waals surface area contributed by atoms with E-state index in [4.69, 9.17) is 0 Å². The molecule has 2 heterocycles. The van der Waals surface area contributed by atoms with E-state index in [9.17, 15) is 5.11 Å². The summed E-state index contributed by atoms with van der Waals surface area (Å²) < 4.78 is 1.04. The topological polar surface area (TPSA) is 52.2 Å². The molecule has 1 aliphatic heterocycles. The van der Waals surface area contributed by atoms with Crippen LogP contribution in [0.25, 0.3) is 0 Å². The number of benzene rings is 1. The van der Waals surface area contributed by atoms with Gasteiger partial charge in [-0.1, -0.05) is 28.1 Å². The van der Waals surface area contributed by atoms with Gasteiger partial charge < -0.3 is 10.1 Å². The molecule has 5 heteroatoms. The van der Waals surface area contributed by atoms with E-state index in [0.29, 0.717) is 0 Å². The van der Waals surface area contributed by atoms with Crippen LogP contribution in [0.15, 0.2) is 35.1 Å². The van der Waals surface area contributed by atoms with Gasteiger partial charge in [0.25, 0.3) is 0 Å². The molecule has 1 aromatic carbocycles. The number of aromatic nitrogens is 2. The number of aryl methyl sites for hydroxylation is 1. The lowest BCUT2D eigenvalue weighted by Gasteiger charge is -2.38. The smallest absolute Gasteiger partial charge is 0.0925 e. The number of halogens is 1. The van der Waals surface area contributed by atoms with Crippen LogP contribution >= 0.6 is 15.9 Å². The summed E-state index contributed by atoms with van der Waals surface area (Å²) in [5, 5.41) is 10.9. The number of imidazole rings is 1. The summed E-state index contributed by atoms with van der Waals surface area (Å²) in [7, 11) is 0. The van der Waals surface area contributed by atoms with Gasteiger partial charge in [-0.05, 0) is 37.5 Å². The molecular formula is C16H20BrN3O. The number of hydrogen-bond donors (Lipinski definition) is 2. The van der Waals surface area contributed by atoms with Crippen molar-refractivity contribution in [2.75, 3.05) is 13.1 Å². The van der Waals surface area contributed by atoms with E-state index in [1.807, 2.05) is 31.2 Å². The van der Waals surface area contributed by atoms with E-state index >= 15 is 0 Å². The molecule has 0 bridgehead atoms. The minimum absolute atomic E-state index is 0.697. The fraction of sp³-hybridized carbons (Fsp3) is 0.438. The van der Waals surface area contributed by atoms with E-state index < -0.39 is 5.60 Å². The summed E-state index contributed by atoms with van der Waals surface area (Å²) in [5.74, 6) is 0. The summed E-state index contributed by atoms with van der Waals surface area (Å²) >= 11 is 3.44. The third-order valence-electron chi connectivity index (χ3n) is 4.37. The predicted molar refractivity (Wildman–Crippen MR) is 85.9 cm³/mol. The minimum Gasteiger partial charge on any atom is -0.385 e. The second-order valence-corrected chi connectivity index (χ2v) is 6.70. The van der Waals surface area contributed by atoms with Gasteiger partial charge in [0, 0.05) is 29.8 Å². The van der Waals surface area contributed by atoms with Crippen LogP contribution in [-0.2, 0) is 12.1 Å². The molecule has 2 aromatic rings. The first-order chi connectivity index (χ1) is 10.1. The number of likely N-dealkylation sites (tertiary alicyclic amines) is 1. The highest BCUT2D eigenvalue weighted by Gasteiger charge is 2.34. The zero-order chi connectivity index (χ0) is 14.9. The Labute approximate surface area is 133 Å². The van der Waals surface area contributed by atoms with Crippen LogP contribution in [0.2, 0.25) is 0 Å². The van der Waals surface area contributed by atoms with E-state index in [-0.39, 0.29) is 0 Å². The van der Waals surface area contributed by atoms with Gasteiger partial charge in [0.1, 0.15) is 0 Å². The summed E-state index contributed by atoms with van der Waals surface area (Å²) in [4.78, 5) is 9.82. The van der Waals surface area contributed by atoms with Crippen LogP contribution in [0.3, 0.4) is 0 Å². The Kier molecular flexibility index (Phi) is 4.15. The highest BCUT2D eigenvalue weighted by molar-refractivity contribution is 9.10. The van der Waals surface area contributed by atoms with Crippen LogP contribution in [0.1, 0.15) is 29.8 Å². The average Bonchev–Trinajstić information content (AvgIpc) is 2.88. The first-order valence-electron chi connectivity index (χ1n) is 7.26. The average molecular weight is 350 g/mol. The van der Waals surface area contributed by atoms with Crippen LogP contribution in [-0.4, -0.2) is 33.1 Å². The van der Waals surface area contributed by atoms with Crippen LogP contribution in [0.4, 0.5) is 0 Å². The van der Waals surface area contributed by atoms with Crippen molar-refractivity contribution in [2.45, 2.75) is 31.9 Å². The maximum absolute atomic E-state index is 10.9. The van der Waals surface area contributed by atoms with E-state index in [0.717, 1.165) is 53.9 Å². The maximum Gasteiger partial charge on any atom is 0.0925 e. The SMILES string of the molecule is Cc1[nH]cnc1CN1CCC(O)(c2ccc(Br)cc2)CC1. The van der Waals surface area contributed by atoms with Crippen molar-refractivity contribution in [3.8, 4) is 0 Å². The standard InChI is InChI=1S/C16H20BrN3O/c1-12-15(19-11-18-12)10-20-8-6-16(21,7-9-20)13-2-4-14(17)5-3-13/h2-5,11,21H,6-10H2,1H3,(H,18,19). The Morgan fingerprint density at radius 2 is 1.95 bits per heavy atom. The fourth-order valence-corrected chi connectivity index (χ4v) is 3.15. The molecule has 2 N–H and O–H groups in total. The lowest BCUT2D eigenvalue weighted by molar-refractivity contribution is -0.0279. The zero-order valence-corrected chi connectivity index (χ0v) is 13.7. The first-order valence-corrected chi connectivity index (χ1v) is 8.06. The van der Waals surface area contributed by atoms with Crippen molar-refractivity contribution in [3.05, 3.63) is 52.0 Å². The molecule has 21 heavy (non-hydrogen) atoms. The molecule has 1 fully saturated rings. The molecular weight excluding hydrogens is 330 g/mol. The molecule has 0 amide bonds. The minimum atomic E-state index is -0.697. The second kappa shape index (κ2) is 5.91. The lowest BCUT2D eigenvalue weighted by Crippen LogP contribution is -2.42. The molecule has 0 spiro atoms. The fourth-order valence-electron chi connectivity index (χ4n) is 2.89. The van der Waals surface area contributed by atoms with Crippen LogP contribution in [0, 0.1) is 6.92 Å². The lowest BCUT2D eigenvalue weighted by atomic mass is 9.84. The quantitative estimate of drug-likeness (QED) is 0.895. The Hall–Kier alpha value is -1.17. The molecule has 0 unspecified atom stereocenters. The van der Waals surface area contributed by atoms with Crippen molar-refractivity contribution in [3.63, 3.8) is 0 Å². The number of nitrogens with zero attached hydrogens (tertiary/aromatic N) is 2. The van der Waals surface area contributed by atoms with Gasteiger partial charge >= 0.3 is 0 Å². The van der Waals surface area contributed by atoms with Gasteiger partial charge in [-0.25, -0.2) is 4.98 Å². The molecule has 1 aliphatic rings. The molecule has 0 aliphatic carbocycles. The molecule has 0 saturated carbocycles. The summed E-state index contributed by atoms with van der Waals surface area (Å²) in [5.41, 5.74) is 2.55. The molecule has 0 atom stereocenters. The van der Waals surface area contributed by atoms with Gasteiger partial charge in [0.15, 0.2) is 0 Å². The van der Waals surface area contributed by atoms with E-state index in [2.05, 4.69) is 30.8 Å². The Balaban J connectivity index is 1.64. The summed E-state index contributed by atoms with van der Waals surface area (Å²) in [6.07, 6.45) is 3.27. The van der Waals surface area contributed by atoms with Gasteiger partial charge in [0.05, 0.1) is 17.6 Å². The summed E-state index contributed by atoms with van der Waals surface area (Å²) in [6, 6.07) is 8.01. The number of aromatic amines is 1. The number of aliphatic hydroxyl groups is 1. The Morgan fingerprint density at radius 3 is 2.52 bits per heavy atom. The van der Waals surface area contributed by atoms with E-state index in [1.54, 1.807) is 6.33 Å². The highest BCUT2D eigenvalue weighted by atomic mass is 79.9. The van der Waals surface area contributed by atoms with Crippen LogP contribution in [0.5, 0.6) is 0 Å². The van der Waals surface area contributed by atoms with Crippen molar-refractivity contribution in [1.82, 2.24) is 14.9 Å². The Morgan fingerprint density at radius 1 is 1.29 bits per heavy atom. The largest absolute Gasteiger partial charge is 0.385 e. The van der Waals surface area contributed by atoms with Crippen molar-refractivity contribution < 1.29 is 5.11 Å². The van der Waals surface area contributed by atoms with Crippen LogP contribution < -0.4 is 0 Å². The highest BCUT2D eigenvalue weighted by Crippen LogP contribution is 2.33. The molecule has 4 nitrogen and oxygen atoms in total. The number of piperidine rings is 1. The van der Waals surface area contributed by atoms with Gasteiger partial charge in [-0.15, -0.1) is 0 Å². The van der Waals surface area contributed by atoms with Crippen molar-refractivity contribution in [2.24, 2.45) is 0 Å². The molecule has 3 rings (SSSR count). The molecule has 112 valence electrons. The normalized spacial score (nSPS) is 18.8. The third kappa shape index (κ3) is 3.20. The molecule has 1 aromatic heterocycles. The number of nitrogens with one attached hydrogen (secondary N) is 1. The van der Waals surface area contributed by atoms with Crippen molar-refractivity contribution >= 4 is 15.9 Å². The first kappa shape index (κ1) is 14.8. The molecule has 0 radical (unpaired) electrons. The third-order valence-corrected chi connectivity index (χ3v) is 4.90. The second-order valence-electron chi connectivity index (χ2n) is 5.79. The maximum atomic E-state index is 10.9. The molecule has 1 saturated heterocycles. The van der Waals surface area contributed by atoms with Gasteiger partial charge in [0.2, 0.25) is 0 Å².